The van der Waals surface area contributed by atoms with E-state index in [1.54, 1.807) is 0 Å². The average molecular weight is 445 g/mol. The smallest absolute Gasteiger partial charge is 0.286 e. The van der Waals surface area contributed by atoms with Crippen LogP contribution in [0.15, 0.2) is 84.9 Å². The van der Waals surface area contributed by atoms with E-state index < -0.39 is 5.25 Å². The van der Waals surface area contributed by atoms with Crippen LogP contribution in [-0.4, -0.2) is 22.3 Å². The Morgan fingerprint density at radius 3 is 2.16 bits per heavy atom. The van der Waals surface area contributed by atoms with Crippen molar-refractivity contribution in [1.29, 1.82) is 0 Å². The van der Waals surface area contributed by atoms with Crippen LogP contribution in [0.5, 0.6) is 0 Å². The normalized spacial score (nSPS) is 17.5. The Hall–Kier alpha value is -3.38. The maximum Gasteiger partial charge on any atom is 0.286 e. The second kappa shape index (κ2) is 9.83. The maximum atomic E-state index is 13.1. The van der Waals surface area contributed by atoms with E-state index in [4.69, 9.17) is 0 Å². The van der Waals surface area contributed by atoms with E-state index in [0.717, 1.165) is 34.0 Å². The molecule has 0 radical (unpaired) electrons. The van der Waals surface area contributed by atoms with Crippen LogP contribution < -0.4 is 10.6 Å². The lowest BCUT2D eigenvalue weighted by Gasteiger charge is -2.23. The van der Waals surface area contributed by atoms with Gasteiger partial charge in [0, 0.05) is 0 Å². The maximum absolute atomic E-state index is 13.1. The molecule has 0 saturated carbocycles. The molecule has 1 heterocycles. The van der Waals surface area contributed by atoms with Crippen molar-refractivity contribution in [3.05, 3.63) is 107 Å². The molecule has 0 spiro atoms. The van der Waals surface area contributed by atoms with Crippen molar-refractivity contribution in [2.45, 2.75) is 30.6 Å². The van der Waals surface area contributed by atoms with Gasteiger partial charge in [-0.2, -0.15) is 0 Å². The first-order valence-corrected chi connectivity index (χ1v) is 11.4. The van der Waals surface area contributed by atoms with Gasteiger partial charge in [0.1, 0.15) is 0 Å². The SMILES string of the molecule is CC(C(=O)NC(c1ccccc1)c1cccc(CC2SC(=O)NC2=O)c1)c1ccccc1. The predicted molar refractivity (Wildman–Crippen MR) is 126 cm³/mol. The van der Waals surface area contributed by atoms with Crippen LogP contribution in [0.2, 0.25) is 0 Å². The zero-order chi connectivity index (χ0) is 22.5. The fourth-order valence-corrected chi connectivity index (χ4v) is 4.67. The van der Waals surface area contributed by atoms with Gasteiger partial charge in [-0.05, 0) is 35.6 Å². The first kappa shape index (κ1) is 21.8. The van der Waals surface area contributed by atoms with Crippen LogP contribution >= 0.6 is 11.8 Å². The summed E-state index contributed by atoms with van der Waals surface area (Å²) >= 11 is 1.02. The summed E-state index contributed by atoms with van der Waals surface area (Å²) in [6, 6.07) is 27.0. The number of thioether (sulfide) groups is 1. The molecule has 3 amide bonds. The zero-order valence-electron chi connectivity index (χ0n) is 17.7. The highest BCUT2D eigenvalue weighted by atomic mass is 32.2. The first-order chi connectivity index (χ1) is 15.5. The van der Waals surface area contributed by atoms with Crippen LogP contribution in [0.25, 0.3) is 0 Å². The summed E-state index contributed by atoms with van der Waals surface area (Å²) in [7, 11) is 0. The minimum absolute atomic E-state index is 0.0632. The van der Waals surface area contributed by atoms with E-state index in [2.05, 4.69) is 10.6 Å². The van der Waals surface area contributed by atoms with Crippen molar-refractivity contribution in [3.63, 3.8) is 0 Å². The van der Waals surface area contributed by atoms with Crippen molar-refractivity contribution >= 4 is 28.8 Å². The Morgan fingerprint density at radius 2 is 1.53 bits per heavy atom. The molecule has 3 atom stereocenters. The molecule has 0 aliphatic carbocycles. The van der Waals surface area contributed by atoms with Crippen molar-refractivity contribution in [3.8, 4) is 0 Å². The average Bonchev–Trinajstić information content (AvgIpc) is 3.14. The van der Waals surface area contributed by atoms with E-state index in [1.807, 2.05) is 91.9 Å². The number of amides is 3. The van der Waals surface area contributed by atoms with Crippen molar-refractivity contribution < 1.29 is 14.4 Å². The summed E-state index contributed by atoms with van der Waals surface area (Å²) in [5, 5.41) is 4.80. The van der Waals surface area contributed by atoms with Crippen molar-refractivity contribution in [2.75, 3.05) is 0 Å². The number of imide groups is 1. The lowest BCUT2D eigenvalue weighted by molar-refractivity contribution is -0.122. The number of benzene rings is 3. The highest BCUT2D eigenvalue weighted by molar-refractivity contribution is 8.15. The first-order valence-electron chi connectivity index (χ1n) is 10.5. The Balaban J connectivity index is 1.59. The van der Waals surface area contributed by atoms with E-state index in [0.29, 0.717) is 6.42 Å². The monoisotopic (exact) mass is 444 g/mol. The molecule has 32 heavy (non-hydrogen) atoms. The van der Waals surface area contributed by atoms with Crippen LogP contribution in [0, 0.1) is 0 Å². The minimum atomic E-state index is -0.430. The molecular weight excluding hydrogens is 420 g/mol. The summed E-state index contributed by atoms with van der Waals surface area (Å²) < 4.78 is 0. The lowest BCUT2D eigenvalue weighted by atomic mass is 9.94. The summed E-state index contributed by atoms with van der Waals surface area (Å²) in [5.41, 5.74) is 3.80. The molecule has 6 heteroatoms. The van der Waals surface area contributed by atoms with Crippen LogP contribution in [0.4, 0.5) is 4.79 Å². The molecule has 0 aromatic heterocycles. The standard InChI is InChI=1S/C26H24N2O3S/c1-17(19-10-4-2-5-11-19)24(29)27-23(20-12-6-3-7-13-20)21-14-8-9-18(15-21)16-22-25(30)28-26(31)32-22/h2-15,17,22-23H,16H2,1H3,(H,27,29)(H,28,30,31). The number of carbonyl (C=O) groups is 3. The summed E-state index contributed by atoms with van der Waals surface area (Å²) in [6.07, 6.45) is 0.450. The lowest BCUT2D eigenvalue weighted by Crippen LogP contribution is -2.32. The Bertz CT molecular complexity index is 1120. The second-order valence-electron chi connectivity index (χ2n) is 7.82. The molecular formula is C26H24N2O3S. The predicted octanol–water partition coefficient (Wildman–Crippen LogP) is 4.59. The van der Waals surface area contributed by atoms with E-state index in [9.17, 15) is 14.4 Å². The molecule has 0 bridgehead atoms. The van der Waals surface area contributed by atoms with Crippen LogP contribution in [0.3, 0.4) is 0 Å². The Labute approximate surface area is 191 Å². The molecule has 162 valence electrons. The fourth-order valence-electron chi connectivity index (χ4n) is 3.81. The number of hydrogen-bond donors (Lipinski definition) is 2. The van der Waals surface area contributed by atoms with Crippen molar-refractivity contribution in [2.24, 2.45) is 0 Å². The molecule has 1 fully saturated rings. The molecule has 4 rings (SSSR count). The largest absolute Gasteiger partial charge is 0.345 e. The third-order valence-electron chi connectivity index (χ3n) is 5.58. The molecule has 1 aliphatic heterocycles. The van der Waals surface area contributed by atoms with E-state index in [1.165, 1.54) is 0 Å². The molecule has 1 aliphatic rings. The number of nitrogens with one attached hydrogen (secondary N) is 2. The van der Waals surface area contributed by atoms with Gasteiger partial charge in [-0.1, -0.05) is 96.7 Å². The minimum Gasteiger partial charge on any atom is -0.345 e. The van der Waals surface area contributed by atoms with Gasteiger partial charge in [-0.25, -0.2) is 0 Å². The van der Waals surface area contributed by atoms with Crippen molar-refractivity contribution in [1.82, 2.24) is 10.6 Å². The van der Waals surface area contributed by atoms with Gasteiger partial charge in [0.15, 0.2) is 0 Å². The topological polar surface area (TPSA) is 75.3 Å². The zero-order valence-corrected chi connectivity index (χ0v) is 18.5. The van der Waals surface area contributed by atoms with Gasteiger partial charge >= 0.3 is 0 Å². The molecule has 3 aromatic rings. The molecule has 2 N–H and O–H groups in total. The number of carbonyl (C=O) groups excluding carboxylic acids is 3. The van der Waals surface area contributed by atoms with Gasteiger partial charge in [0.05, 0.1) is 17.2 Å². The summed E-state index contributed by atoms with van der Waals surface area (Å²) in [5.74, 6) is -0.614. The van der Waals surface area contributed by atoms with E-state index in [-0.39, 0.29) is 29.0 Å². The summed E-state index contributed by atoms with van der Waals surface area (Å²) in [4.78, 5) is 36.6. The van der Waals surface area contributed by atoms with Gasteiger partial charge in [0.25, 0.3) is 5.24 Å². The van der Waals surface area contributed by atoms with Crippen LogP contribution in [-0.2, 0) is 16.0 Å². The number of hydrogen-bond acceptors (Lipinski definition) is 4. The quantitative estimate of drug-likeness (QED) is 0.559. The summed E-state index contributed by atoms with van der Waals surface area (Å²) in [6.45, 7) is 1.90. The van der Waals surface area contributed by atoms with Crippen LogP contribution in [0.1, 0.15) is 41.1 Å². The Morgan fingerprint density at radius 1 is 0.906 bits per heavy atom. The Kier molecular flexibility index (Phi) is 6.71. The molecule has 3 unspecified atom stereocenters. The van der Waals surface area contributed by atoms with E-state index >= 15 is 0 Å². The third kappa shape index (κ3) is 5.08. The highest BCUT2D eigenvalue weighted by Crippen LogP contribution is 2.27. The van der Waals surface area contributed by atoms with Gasteiger partial charge < -0.3 is 5.32 Å². The molecule has 3 aromatic carbocycles. The highest BCUT2D eigenvalue weighted by Gasteiger charge is 2.31. The van der Waals surface area contributed by atoms with Gasteiger partial charge in [0.2, 0.25) is 11.8 Å². The van der Waals surface area contributed by atoms with Gasteiger partial charge in [-0.3, -0.25) is 19.7 Å². The second-order valence-corrected chi connectivity index (χ2v) is 8.99. The third-order valence-corrected chi connectivity index (χ3v) is 6.57. The number of rotatable bonds is 7. The molecule has 5 nitrogen and oxygen atoms in total. The molecule has 1 saturated heterocycles. The van der Waals surface area contributed by atoms with Gasteiger partial charge in [-0.15, -0.1) is 0 Å². The fraction of sp³-hybridized carbons (Fsp3) is 0.192.